The minimum atomic E-state index is -0.851. The van der Waals surface area contributed by atoms with Gasteiger partial charge in [-0.25, -0.2) is 0 Å². The molecule has 0 aliphatic heterocycles. The Balaban J connectivity index is 2.13. The van der Waals surface area contributed by atoms with Crippen LogP contribution in [0.5, 0.6) is 0 Å². The number of nitrogens with zero attached hydrogens (tertiary/aromatic N) is 1. The summed E-state index contributed by atoms with van der Waals surface area (Å²) in [6.07, 6.45) is 3.05. The van der Waals surface area contributed by atoms with E-state index in [9.17, 15) is 14.7 Å². The van der Waals surface area contributed by atoms with Gasteiger partial charge < -0.3 is 10.0 Å². The van der Waals surface area contributed by atoms with Crippen LogP contribution in [0.2, 0.25) is 0 Å². The fourth-order valence-electron chi connectivity index (χ4n) is 2.88. The number of amides is 1. The number of hydrogen-bond acceptors (Lipinski definition) is 2. The van der Waals surface area contributed by atoms with Gasteiger partial charge in [0, 0.05) is 12.7 Å². The third kappa shape index (κ3) is 2.84. The second-order valence-electron chi connectivity index (χ2n) is 5.40. The molecule has 2 unspecified atom stereocenters. The summed E-state index contributed by atoms with van der Waals surface area (Å²) in [4.78, 5) is 25.3. The van der Waals surface area contributed by atoms with Gasteiger partial charge in [0.1, 0.15) is 0 Å². The Labute approximate surface area is 119 Å². The van der Waals surface area contributed by atoms with Crippen molar-refractivity contribution in [1.29, 1.82) is 0 Å². The Hall–Kier alpha value is -1.84. The van der Waals surface area contributed by atoms with E-state index >= 15 is 0 Å². The first kappa shape index (κ1) is 14.6. The molecule has 1 fully saturated rings. The summed E-state index contributed by atoms with van der Waals surface area (Å²) in [5.74, 6) is -1.85. The highest BCUT2D eigenvalue weighted by Crippen LogP contribution is 2.34. The van der Waals surface area contributed by atoms with Gasteiger partial charge in [0.25, 0.3) is 0 Å². The Kier molecular flexibility index (Phi) is 4.42. The highest BCUT2D eigenvalue weighted by Gasteiger charge is 2.39. The van der Waals surface area contributed by atoms with Gasteiger partial charge >= 0.3 is 5.97 Å². The number of rotatable bonds is 4. The van der Waals surface area contributed by atoms with Crippen molar-refractivity contribution in [3.05, 3.63) is 29.8 Å². The second-order valence-corrected chi connectivity index (χ2v) is 5.40. The number of aliphatic carboxylic acids is 1. The molecule has 0 spiro atoms. The molecule has 108 valence electrons. The smallest absolute Gasteiger partial charge is 0.307 e. The summed E-state index contributed by atoms with van der Waals surface area (Å²) >= 11 is 0. The summed E-state index contributed by atoms with van der Waals surface area (Å²) in [6.45, 7) is 2.08. The van der Waals surface area contributed by atoms with Crippen molar-refractivity contribution in [1.82, 2.24) is 0 Å². The number of carboxylic acids is 1. The molecule has 0 saturated heterocycles. The van der Waals surface area contributed by atoms with Crippen LogP contribution in [0.3, 0.4) is 0 Å². The zero-order valence-corrected chi connectivity index (χ0v) is 12.0. The minimum absolute atomic E-state index is 0.0841. The number of anilines is 1. The number of benzene rings is 1. The first-order valence-electron chi connectivity index (χ1n) is 7.14. The molecule has 4 nitrogen and oxygen atoms in total. The first-order valence-corrected chi connectivity index (χ1v) is 7.14. The highest BCUT2D eigenvalue weighted by atomic mass is 16.4. The van der Waals surface area contributed by atoms with Crippen LogP contribution >= 0.6 is 0 Å². The van der Waals surface area contributed by atoms with Crippen molar-refractivity contribution < 1.29 is 14.7 Å². The van der Waals surface area contributed by atoms with Crippen LogP contribution in [0.1, 0.15) is 31.7 Å². The SMILES string of the molecule is CCc1ccc(N(C)C(=O)C2CCCC2C(=O)O)cc1. The molecule has 1 aromatic carbocycles. The fraction of sp³-hybridized carbons (Fsp3) is 0.500. The van der Waals surface area contributed by atoms with Crippen LogP contribution in [0.15, 0.2) is 24.3 Å². The molecule has 0 heterocycles. The number of aryl methyl sites for hydroxylation is 1. The summed E-state index contributed by atoms with van der Waals surface area (Å²) in [7, 11) is 1.72. The Morgan fingerprint density at radius 2 is 1.80 bits per heavy atom. The summed E-state index contributed by atoms with van der Waals surface area (Å²) in [6, 6.07) is 7.84. The molecule has 2 rings (SSSR count). The summed E-state index contributed by atoms with van der Waals surface area (Å²) < 4.78 is 0. The van der Waals surface area contributed by atoms with Gasteiger partial charge in [0.2, 0.25) is 5.91 Å². The number of hydrogen-bond donors (Lipinski definition) is 1. The molecule has 20 heavy (non-hydrogen) atoms. The van der Waals surface area contributed by atoms with Gasteiger partial charge in [0.15, 0.2) is 0 Å². The van der Waals surface area contributed by atoms with E-state index in [4.69, 9.17) is 0 Å². The van der Waals surface area contributed by atoms with Crippen LogP contribution in [-0.2, 0) is 16.0 Å². The van der Waals surface area contributed by atoms with Gasteiger partial charge in [-0.2, -0.15) is 0 Å². The maximum Gasteiger partial charge on any atom is 0.307 e. The van der Waals surface area contributed by atoms with Crippen LogP contribution < -0.4 is 4.90 Å². The maximum absolute atomic E-state index is 12.5. The van der Waals surface area contributed by atoms with E-state index in [-0.39, 0.29) is 11.8 Å². The van der Waals surface area contributed by atoms with E-state index in [2.05, 4.69) is 6.92 Å². The third-order valence-corrected chi connectivity index (χ3v) is 4.21. The monoisotopic (exact) mass is 275 g/mol. The Bertz CT molecular complexity index is 495. The Morgan fingerprint density at radius 1 is 1.20 bits per heavy atom. The van der Waals surface area contributed by atoms with Crippen LogP contribution in [-0.4, -0.2) is 24.0 Å². The predicted octanol–water partition coefficient (Wildman–Crippen LogP) is 2.71. The topological polar surface area (TPSA) is 57.6 Å². The average Bonchev–Trinajstić information content (AvgIpc) is 2.95. The zero-order valence-electron chi connectivity index (χ0n) is 12.0. The number of carbonyl (C=O) groups is 2. The lowest BCUT2D eigenvalue weighted by molar-refractivity contribution is -0.145. The lowest BCUT2D eigenvalue weighted by atomic mass is 9.94. The molecule has 0 aromatic heterocycles. The second kappa shape index (κ2) is 6.07. The van der Waals surface area contributed by atoms with E-state index in [1.807, 2.05) is 24.3 Å². The van der Waals surface area contributed by atoms with Crippen LogP contribution in [0, 0.1) is 11.8 Å². The van der Waals surface area contributed by atoms with Crippen LogP contribution in [0.4, 0.5) is 5.69 Å². The van der Waals surface area contributed by atoms with Crippen molar-refractivity contribution >= 4 is 17.6 Å². The maximum atomic E-state index is 12.5. The number of carbonyl (C=O) groups excluding carboxylic acids is 1. The summed E-state index contributed by atoms with van der Waals surface area (Å²) in [5, 5.41) is 9.18. The van der Waals surface area contributed by atoms with Crippen molar-refractivity contribution in [2.24, 2.45) is 11.8 Å². The molecule has 2 atom stereocenters. The molecular formula is C16H21NO3. The molecule has 1 aliphatic carbocycles. The molecule has 1 aliphatic rings. The molecule has 0 radical (unpaired) electrons. The molecule has 1 amide bonds. The van der Waals surface area contributed by atoms with Crippen molar-refractivity contribution in [2.45, 2.75) is 32.6 Å². The summed E-state index contributed by atoms with van der Waals surface area (Å²) in [5.41, 5.74) is 2.04. The van der Waals surface area contributed by atoms with Crippen LogP contribution in [0.25, 0.3) is 0 Å². The lowest BCUT2D eigenvalue weighted by Gasteiger charge is -2.23. The largest absolute Gasteiger partial charge is 0.481 e. The quantitative estimate of drug-likeness (QED) is 0.919. The van der Waals surface area contributed by atoms with E-state index < -0.39 is 11.9 Å². The van der Waals surface area contributed by atoms with E-state index in [1.165, 1.54) is 5.56 Å². The van der Waals surface area contributed by atoms with Crippen molar-refractivity contribution in [3.63, 3.8) is 0 Å². The highest BCUT2D eigenvalue weighted by molar-refractivity contribution is 5.97. The normalized spacial score (nSPS) is 21.7. The minimum Gasteiger partial charge on any atom is -0.481 e. The van der Waals surface area contributed by atoms with Gasteiger partial charge in [-0.05, 0) is 37.0 Å². The standard InChI is InChI=1S/C16H21NO3/c1-3-11-7-9-12(10-8-11)17(2)15(18)13-5-4-6-14(13)16(19)20/h7-10,13-14H,3-6H2,1-2H3,(H,19,20). The van der Waals surface area contributed by atoms with Gasteiger partial charge in [0.05, 0.1) is 11.8 Å². The van der Waals surface area contributed by atoms with E-state index in [1.54, 1.807) is 11.9 Å². The molecule has 1 aromatic rings. The fourth-order valence-corrected chi connectivity index (χ4v) is 2.88. The van der Waals surface area contributed by atoms with E-state index in [0.717, 1.165) is 18.5 Å². The van der Waals surface area contributed by atoms with Gasteiger partial charge in [-0.15, -0.1) is 0 Å². The lowest BCUT2D eigenvalue weighted by Crippen LogP contribution is -2.36. The van der Waals surface area contributed by atoms with Crippen molar-refractivity contribution in [3.8, 4) is 0 Å². The Morgan fingerprint density at radius 3 is 2.35 bits per heavy atom. The van der Waals surface area contributed by atoms with Gasteiger partial charge in [-0.3, -0.25) is 9.59 Å². The van der Waals surface area contributed by atoms with E-state index in [0.29, 0.717) is 12.8 Å². The average molecular weight is 275 g/mol. The molecule has 0 bridgehead atoms. The molecule has 1 saturated carbocycles. The number of carboxylic acid groups (broad SMARTS) is 1. The van der Waals surface area contributed by atoms with Gasteiger partial charge in [-0.1, -0.05) is 25.5 Å². The molecule has 4 heteroatoms. The zero-order chi connectivity index (χ0) is 14.7. The predicted molar refractivity (Wildman–Crippen MR) is 77.7 cm³/mol. The first-order chi connectivity index (χ1) is 9.54. The third-order valence-electron chi connectivity index (χ3n) is 4.21. The molecular weight excluding hydrogens is 254 g/mol. The molecule has 1 N–H and O–H groups in total. The van der Waals surface area contributed by atoms with Crippen molar-refractivity contribution in [2.75, 3.05) is 11.9 Å².